The van der Waals surface area contributed by atoms with Gasteiger partial charge in [0.15, 0.2) is 0 Å². The van der Waals surface area contributed by atoms with Crippen molar-refractivity contribution in [3.05, 3.63) is 24.3 Å². The molecule has 1 aromatic rings. The van der Waals surface area contributed by atoms with Crippen LogP contribution in [0.1, 0.15) is 20.3 Å². The van der Waals surface area contributed by atoms with E-state index in [1.807, 2.05) is 0 Å². The molecular formula is C12H18N2O5S2. The second-order valence-corrected chi connectivity index (χ2v) is 8.55. The summed E-state index contributed by atoms with van der Waals surface area (Å²) >= 11 is 0. The van der Waals surface area contributed by atoms with E-state index in [2.05, 4.69) is 4.72 Å². The van der Waals surface area contributed by atoms with E-state index in [0.29, 0.717) is 13.0 Å². The lowest BCUT2D eigenvalue weighted by atomic mass is 9.97. The van der Waals surface area contributed by atoms with E-state index < -0.39 is 25.6 Å². The minimum atomic E-state index is -3.84. The van der Waals surface area contributed by atoms with Gasteiger partial charge < -0.3 is 4.74 Å². The Labute approximate surface area is 124 Å². The lowest BCUT2D eigenvalue weighted by Gasteiger charge is -2.28. The monoisotopic (exact) mass is 334 g/mol. The molecule has 1 saturated heterocycles. The Bertz CT molecular complexity index is 727. The van der Waals surface area contributed by atoms with Gasteiger partial charge in [0.05, 0.1) is 21.4 Å². The lowest BCUT2D eigenvalue weighted by molar-refractivity contribution is 0.0957. The van der Waals surface area contributed by atoms with Crippen molar-refractivity contribution in [3.8, 4) is 0 Å². The largest absolute Gasteiger partial charge is 0.376 e. The molecule has 3 N–H and O–H groups in total. The quantitative estimate of drug-likeness (QED) is 0.815. The molecule has 0 amide bonds. The first-order valence-electron chi connectivity index (χ1n) is 6.33. The van der Waals surface area contributed by atoms with E-state index in [9.17, 15) is 16.8 Å². The molecule has 0 bridgehead atoms. The fourth-order valence-corrected chi connectivity index (χ4v) is 4.15. The zero-order chi connectivity index (χ0) is 15.9. The minimum absolute atomic E-state index is 0.0183. The van der Waals surface area contributed by atoms with E-state index in [1.165, 1.54) is 24.3 Å². The predicted octanol–water partition coefficient (Wildman–Crippen LogP) is 0.180. The first-order valence-corrected chi connectivity index (χ1v) is 9.36. The summed E-state index contributed by atoms with van der Waals surface area (Å²) < 4.78 is 55.0. The van der Waals surface area contributed by atoms with Gasteiger partial charge in [-0.25, -0.2) is 26.7 Å². The van der Waals surface area contributed by atoms with E-state index >= 15 is 0 Å². The smallest absolute Gasteiger partial charge is 0.241 e. The van der Waals surface area contributed by atoms with Crippen LogP contribution in [0.25, 0.3) is 0 Å². The van der Waals surface area contributed by atoms with Gasteiger partial charge >= 0.3 is 0 Å². The molecular weight excluding hydrogens is 316 g/mol. The summed E-state index contributed by atoms with van der Waals surface area (Å²) in [6.07, 6.45) is 0.332. The predicted molar refractivity (Wildman–Crippen MR) is 76.6 cm³/mol. The van der Waals surface area contributed by atoms with Crippen LogP contribution in [-0.4, -0.2) is 35.1 Å². The van der Waals surface area contributed by atoms with Crippen molar-refractivity contribution in [1.82, 2.24) is 4.72 Å². The van der Waals surface area contributed by atoms with Gasteiger partial charge in [-0.3, -0.25) is 0 Å². The van der Waals surface area contributed by atoms with Crippen molar-refractivity contribution in [2.24, 2.45) is 5.14 Å². The third-order valence-corrected chi connectivity index (χ3v) is 6.27. The number of sulfonamides is 2. The average Bonchev–Trinajstić information content (AvgIpc) is 2.67. The van der Waals surface area contributed by atoms with Gasteiger partial charge in [-0.15, -0.1) is 0 Å². The summed E-state index contributed by atoms with van der Waals surface area (Å²) in [5, 5.41) is 4.98. The Morgan fingerprint density at radius 3 is 2.14 bits per heavy atom. The first kappa shape index (κ1) is 16.4. The zero-order valence-corrected chi connectivity index (χ0v) is 13.4. The zero-order valence-electron chi connectivity index (χ0n) is 11.7. The maximum atomic E-state index is 12.4. The number of ether oxygens (including phenoxy) is 1. The van der Waals surface area contributed by atoms with Crippen LogP contribution in [0, 0.1) is 0 Å². The highest BCUT2D eigenvalue weighted by Gasteiger charge is 2.40. The highest BCUT2D eigenvalue weighted by Crippen LogP contribution is 2.27. The number of benzene rings is 1. The Morgan fingerprint density at radius 2 is 1.71 bits per heavy atom. The molecule has 2 atom stereocenters. The molecule has 7 nitrogen and oxygen atoms in total. The molecule has 0 radical (unpaired) electrons. The normalized spacial score (nSPS) is 26.9. The van der Waals surface area contributed by atoms with Gasteiger partial charge in [0.1, 0.15) is 0 Å². The van der Waals surface area contributed by atoms with Crippen LogP contribution >= 0.6 is 0 Å². The standard InChI is InChI=1S/C12H18N2O5S2/c1-9-12(2,7-8-19-9)14-21(17,18)11-5-3-10(4-6-11)20(13,15)16/h3-6,9,14H,7-8H2,1-2H3,(H2,13,15,16). The highest BCUT2D eigenvalue weighted by molar-refractivity contribution is 7.89. The van der Waals surface area contributed by atoms with E-state index in [4.69, 9.17) is 9.88 Å². The van der Waals surface area contributed by atoms with E-state index in [0.717, 1.165) is 0 Å². The van der Waals surface area contributed by atoms with Crippen LogP contribution in [0.4, 0.5) is 0 Å². The third-order valence-electron chi connectivity index (χ3n) is 3.72. The molecule has 2 rings (SSSR count). The minimum Gasteiger partial charge on any atom is -0.376 e. The first-order chi connectivity index (χ1) is 9.55. The van der Waals surface area contributed by atoms with Crippen LogP contribution in [0.3, 0.4) is 0 Å². The third kappa shape index (κ3) is 3.43. The van der Waals surface area contributed by atoms with Gasteiger partial charge in [-0.1, -0.05) is 0 Å². The Hall–Kier alpha value is -1.00. The molecule has 2 unspecified atom stereocenters. The molecule has 9 heteroatoms. The van der Waals surface area contributed by atoms with E-state index in [1.54, 1.807) is 13.8 Å². The summed E-state index contributed by atoms with van der Waals surface area (Å²) in [5.41, 5.74) is -0.683. The van der Waals surface area contributed by atoms with Crippen molar-refractivity contribution < 1.29 is 21.6 Å². The van der Waals surface area contributed by atoms with Crippen LogP contribution in [-0.2, 0) is 24.8 Å². The molecule has 0 saturated carbocycles. The molecule has 118 valence electrons. The second kappa shape index (κ2) is 5.33. The second-order valence-electron chi connectivity index (χ2n) is 5.30. The number of hydrogen-bond acceptors (Lipinski definition) is 5. The van der Waals surface area contributed by atoms with Gasteiger partial charge in [-0.2, -0.15) is 0 Å². The molecule has 1 aliphatic rings. The SMILES string of the molecule is CC1OCCC1(C)NS(=O)(=O)c1ccc(S(N)(=O)=O)cc1. The molecule has 0 aliphatic carbocycles. The highest BCUT2D eigenvalue weighted by atomic mass is 32.2. The summed E-state index contributed by atoms with van der Waals surface area (Å²) in [6.45, 7) is 4.07. The molecule has 0 aromatic heterocycles. The summed E-state index contributed by atoms with van der Waals surface area (Å²) in [4.78, 5) is -0.152. The fraction of sp³-hybridized carbons (Fsp3) is 0.500. The van der Waals surface area contributed by atoms with Crippen LogP contribution in [0.5, 0.6) is 0 Å². The number of rotatable bonds is 4. The fourth-order valence-electron chi connectivity index (χ4n) is 2.14. The maximum Gasteiger partial charge on any atom is 0.241 e. The number of nitrogens with one attached hydrogen (secondary N) is 1. The Morgan fingerprint density at radius 1 is 1.19 bits per heavy atom. The average molecular weight is 334 g/mol. The van der Waals surface area contributed by atoms with E-state index in [-0.39, 0.29) is 15.9 Å². The number of hydrogen-bond donors (Lipinski definition) is 2. The van der Waals surface area contributed by atoms with Crippen LogP contribution in [0.15, 0.2) is 34.1 Å². The maximum absolute atomic E-state index is 12.4. The molecule has 0 spiro atoms. The Balaban J connectivity index is 2.28. The van der Waals surface area contributed by atoms with Gasteiger partial charge in [0, 0.05) is 6.61 Å². The molecule has 1 aromatic carbocycles. The van der Waals surface area contributed by atoms with Gasteiger partial charge in [0.25, 0.3) is 0 Å². The van der Waals surface area contributed by atoms with Crippen molar-refractivity contribution in [2.75, 3.05) is 6.61 Å². The van der Waals surface area contributed by atoms with Crippen LogP contribution in [0.2, 0.25) is 0 Å². The molecule has 1 fully saturated rings. The Kier molecular flexibility index (Phi) is 4.15. The number of nitrogens with two attached hydrogens (primary N) is 1. The molecule has 1 heterocycles. The molecule has 21 heavy (non-hydrogen) atoms. The summed E-state index contributed by atoms with van der Waals surface area (Å²) in [7, 11) is -7.61. The molecule has 1 aliphatic heterocycles. The van der Waals surface area contributed by atoms with Crippen molar-refractivity contribution >= 4 is 20.0 Å². The van der Waals surface area contributed by atoms with Crippen LogP contribution < -0.4 is 9.86 Å². The number of primary sulfonamides is 1. The summed E-state index contributed by atoms with van der Waals surface area (Å²) in [5.74, 6) is 0. The van der Waals surface area contributed by atoms with Crippen molar-refractivity contribution in [3.63, 3.8) is 0 Å². The van der Waals surface area contributed by atoms with Crippen molar-refractivity contribution in [2.45, 2.75) is 41.7 Å². The van der Waals surface area contributed by atoms with Crippen molar-refractivity contribution in [1.29, 1.82) is 0 Å². The van der Waals surface area contributed by atoms with Gasteiger partial charge in [0.2, 0.25) is 20.0 Å². The topological polar surface area (TPSA) is 116 Å². The summed E-state index contributed by atoms with van der Waals surface area (Å²) in [6, 6.07) is 4.76. The van der Waals surface area contributed by atoms with Gasteiger partial charge in [-0.05, 0) is 44.5 Å². The lowest BCUT2D eigenvalue weighted by Crippen LogP contribution is -2.50.